The molecule has 0 bridgehead atoms. The molecule has 1 aromatic rings. The van der Waals surface area contributed by atoms with Gasteiger partial charge in [0.05, 0.1) is 18.5 Å². The Kier molecular flexibility index (Phi) is 5.94. The van der Waals surface area contributed by atoms with Gasteiger partial charge < -0.3 is 15.2 Å². The zero-order valence-electron chi connectivity index (χ0n) is 10.8. The van der Waals surface area contributed by atoms with E-state index in [0.717, 1.165) is 17.9 Å². The van der Waals surface area contributed by atoms with Crippen LogP contribution in [0.1, 0.15) is 38.9 Å². The molecule has 4 nitrogen and oxygen atoms in total. The smallest absolute Gasteiger partial charge is 0.138 e. The Morgan fingerprint density at radius 2 is 2.12 bits per heavy atom. The zero-order chi connectivity index (χ0) is 12.7. The number of aromatic nitrogens is 1. The summed E-state index contributed by atoms with van der Waals surface area (Å²) in [7, 11) is 0. The van der Waals surface area contributed by atoms with Gasteiger partial charge in [-0.15, -0.1) is 0 Å². The highest BCUT2D eigenvalue weighted by atomic mass is 16.5. The highest BCUT2D eigenvalue weighted by Gasteiger charge is 2.07. The number of nitrogens with zero attached hydrogens (tertiary/aromatic N) is 1. The summed E-state index contributed by atoms with van der Waals surface area (Å²) in [4.78, 5) is 4.29. The van der Waals surface area contributed by atoms with Crippen LogP contribution in [-0.4, -0.2) is 24.3 Å². The highest BCUT2D eigenvalue weighted by Crippen LogP contribution is 2.16. The Labute approximate surface area is 103 Å². The van der Waals surface area contributed by atoms with Crippen LogP contribution < -0.4 is 10.5 Å². The van der Waals surface area contributed by atoms with Crippen molar-refractivity contribution in [2.45, 2.75) is 39.3 Å². The molecule has 2 atom stereocenters. The van der Waals surface area contributed by atoms with Crippen LogP contribution in [0.2, 0.25) is 0 Å². The summed E-state index contributed by atoms with van der Waals surface area (Å²) < 4.78 is 10.9. The molecule has 1 rings (SSSR count). The SMILES string of the molecule is CCOCC(C)Oc1ccc([C@H](N)CC)nc1. The van der Waals surface area contributed by atoms with Gasteiger partial charge in [-0.2, -0.15) is 0 Å². The summed E-state index contributed by atoms with van der Waals surface area (Å²) in [5.41, 5.74) is 6.79. The number of ether oxygens (including phenoxy) is 2. The molecule has 0 aromatic carbocycles. The number of hydrogen-bond donors (Lipinski definition) is 1. The Morgan fingerprint density at radius 3 is 2.65 bits per heavy atom. The van der Waals surface area contributed by atoms with E-state index in [9.17, 15) is 0 Å². The molecule has 0 spiro atoms. The Balaban J connectivity index is 2.50. The van der Waals surface area contributed by atoms with Crippen LogP contribution in [0.5, 0.6) is 5.75 Å². The van der Waals surface area contributed by atoms with E-state index in [1.54, 1.807) is 6.20 Å². The average molecular weight is 238 g/mol. The van der Waals surface area contributed by atoms with Gasteiger partial charge in [0.15, 0.2) is 0 Å². The van der Waals surface area contributed by atoms with Crippen molar-refractivity contribution in [3.05, 3.63) is 24.0 Å². The van der Waals surface area contributed by atoms with E-state index in [1.165, 1.54) is 0 Å². The van der Waals surface area contributed by atoms with Crippen LogP contribution in [0.4, 0.5) is 0 Å². The fourth-order valence-electron chi connectivity index (χ4n) is 1.44. The van der Waals surface area contributed by atoms with Gasteiger partial charge >= 0.3 is 0 Å². The molecule has 96 valence electrons. The van der Waals surface area contributed by atoms with E-state index in [1.807, 2.05) is 32.9 Å². The summed E-state index contributed by atoms with van der Waals surface area (Å²) in [6.07, 6.45) is 2.63. The van der Waals surface area contributed by atoms with Crippen molar-refractivity contribution < 1.29 is 9.47 Å². The van der Waals surface area contributed by atoms with Crippen LogP contribution in [0.15, 0.2) is 18.3 Å². The second kappa shape index (κ2) is 7.25. The van der Waals surface area contributed by atoms with Crippen molar-refractivity contribution >= 4 is 0 Å². The van der Waals surface area contributed by atoms with Crippen molar-refractivity contribution in [2.75, 3.05) is 13.2 Å². The first kappa shape index (κ1) is 13.9. The van der Waals surface area contributed by atoms with Gasteiger partial charge in [0.2, 0.25) is 0 Å². The van der Waals surface area contributed by atoms with E-state index in [0.29, 0.717) is 13.2 Å². The molecule has 0 amide bonds. The zero-order valence-corrected chi connectivity index (χ0v) is 10.8. The predicted molar refractivity (Wildman–Crippen MR) is 68.0 cm³/mol. The van der Waals surface area contributed by atoms with Gasteiger partial charge in [-0.05, 0) is 32.4 Å². The maximum absolute atomic E-state index is 5.89. The Bertz CT molecular complexity index is 314. The van der Waals surface area contributed by atoms with E-state index in [4.69, 9.17) is 15.2 Å². The first-order valence-electron chi connectivity index (χ1n) is 6.13. The van der Waals surface area contributed by atoms with Gasteiger partial charge in [-0.1, -0.05) is 6.92 Å². The van der Waals surface area contributed by atoms with Crippen molar-refractivity contribution in [1.82, 2.24) is 4.98 Å². The van der Waals surface area contributed by atoms with Crippen molar-refractivity contribution in [1.29, 1.82) is 0 Å². The molecule has 0 radical (unpaired) electrons. The largest absolute Gasteiger partial charge is 0.487 e. The van der Waals surface area contributed by atoms with E-state index < -0.39 is 0 Å². The average Bonchev–Trinajstić information content (AvgIpc) is 2.36. The number of hydrogen-bond acceptors (Lipinski definition) is 4. The lowest BCUT2D eigenvalue weighted by atomic mass is 10.1. The minimum Gasteiger partial charge on any atom is -0.487 e. The first-order chi connectivity index (χ1) is 8.17. The highest BCUT2D eigenvalue weighted by molar-refractivity contribution is 5.21. The monoisotopic (exact) mass is 238 g/mol. The number of pyridine rings is 1. The van der Waals surface area contributed by atoms with Gasteiger partial charge in [0, 0.05) is 12.6 Å². The third kappa shape index (κ3) is 4.71. The third-order valence-corrected chi connectivity index (χ3v) is 2.47. The molecule has 0 aliphatic carbocycles. The second-order valence-electron chi connectivity index (χ2n) is 4.02. The van der Waals surface area contributed by atoms with Crippen molar-refractivity contribution in [3.63, 3.8) is 0 Å². The van der Waals surface area contributed by atoms with Crippen LogP contribution >= 0.6 is 0 Å². The molecule has 0 saturated heterocycles. The fourth-order valence-corrected chi connectivity index (χ4v) is 1.44. The molecule has 17 heavy (non-hydrogen) atoms. The summed E-state index contributed by atoms with van der Waals surface area (Å²) in [5, 5.41) is 0. The quantitative estimate of drug-likeness (QED) is 0.792. The molecule has 0 aliphatic heterocycles. The van der Waals surface area contributed by atoms with Crippen molar-refractivity contribution in [2.24, 2.45) is 5.73 Å². The lowest BCUT2D eigenvalue weighted by molar-refractivity contribution is 0.0655. The maximum Gasteiger partial charge on any atom is 0.138 e. The summed E-state index contributed by atoms with van der Waals surface area (Å²) >= 11 is 0. The number of rotatable bonds is 7. The van der Waals surface area contributed by atoms with Gasteiger partial charge in [0.25, 0.3) is 0 Å². The summed E-state index contributed by atoms with van der Waals surface area (Å²) in [5.74, 6) is 0.754. The minimum absolute atomic E-state index is 0.00454. The normalized spacial score (nSPS) is 14.4. The maximum atomic E-state index is 5.89. The van der Waals surface area contributed by atoms with Gasteiger partial charge in [0.1, 0.15) is 11.9 Å². The van der Waals surface area contributed by atoms with Gasteiger partial charge in [-0.3, -0.25) is 4.98 Å². The van der Waals surface area contributed by atoms with Crippen LogP contribution in [0.25, 0.3) is 0 Å². The summed E-state index contributed by atoms with van der Waals surface area (Å²) in [6, 6.07) is 3.82. The standard InChI is InChI=1S/C13H22N2O2/c1-4-12(14)13-7-6-11(8-15-13)17-10(3)9-16-5-2/h6-8,10,12H,4-5,9,14H2,1-3H3/t10?,12-/m1/s1. The van der Waals surface area contributed by atoms with E-state index in [-0.39, 0.29) is 12.1 Å². The minimum atomic E-state index is 0.00454. The topological polar surface area (TPSA) is 57.4 Å². The molecule has 1 aromatic heterocycles. The lowest BCUT2D eigenvalue weighted by Gasteiger charge is -2.15. The van der Waals surface area contributed by atoms with Crippen molar-refractivity contribution in [3.8, 4) is 5.75 Å². The molecule has 1 heterocycles. The second-order valence-corrected chi connectivity index (χ2v) is 4.02. The van der Waals surface area contributed by atoms with Crippen LogP contribution in [0.3, 0.4) is 0 Å². The van der Waals surface area contributed by atoms with Crippen LogP contribution in [-0.2, 0) is 4.74 Å². The molecule has 1 unspecified atom stereocenters. The molecule has 4 heteroatoms. The molecular formula is C13H22N2O2. The molecular weight excluding hydrogens is 216 g/mol. The molecule has 0 fully saturated rings. The molecule has 0 saturated carbocycles. The summed E-state index contributed by atoms with van der Waals surface area (Å²) in [6.45, 7) is 7.28. The predicted octanol–water partition coefficient (Wildman–Crippen LogP) is 2.30. The molecule has 2 N–H and O–H groups in total. The van der Waals surface area contributed by atoms with Gasteiger partial charge in [-0.25, -0.2) is 0 Å². The lowest BCUT2D eigenvalue weighted by Crippen LogP contribution is -2.19. The van der Waals surface area contributed by atoms with E-state index >= 15 is 0 Å². The third-order valence-electron chi connectivity index (χ3n) is 2.47. The Hall–Kier alpha value is -1.13. The molecule has 0 aliphatic rings. The number of nitrogens with two attached hydrogens (primary N) is 1. The fraction of sp³-hybridized carbons (Fsp3) is 0.615. The Morgan fingerprint density at radius 1 is 1.35 bits per heavy atom. The van der Waals surface area contributed by atoms with E-state index in [2.05, 4.69) is 4.98 Å². The van der Waals surface area contributed by atoms with Crippen LogP contribution in [0, 0.1) is 0 Å². The first-order valence-corrected chi connectivity index (χ1v) is 6.13.